The number of carbonyl (C=O) groups is 2. The van der Waals surface area contributed by atoms with Gasteiger partial charge in [-0.25, -0.2) is 9.78 Å². The van der Waals surface area contributed by atoms with Crippen molar-refractivity contribution in [3.63, 3.8) is 0 Å². The van der Waals surface area contributed by atoms with Crippen LogP contribution in [0.5, 0.6) is 0 Å². The first-order valence-corrected chi connectivity index (χ1v) is 6.45. The highest BCUT2D eigenvalue weighted by Crippen LogP contribution is 2.31. The summed E-state index contributed by atoms with van der Waals surface area (Å²) in [5.41, 5.74) is 3.00. The fourth-order valence-electron chi connectivity index (χ4n) is 1.62. The first kappa shape index (κ1) is 14.4. The maximum Gasteiger partial charge on any atom is 0.341 e. The van der Waals surface area contributed by atoms with Crippen molar-refractivity contribution in [2.24, 2.45) is 0 Å². The second-order valence-electron chi connectivity index (χ2n) is 3.53. The van der Waals surface area contributed by atoms with Crippen LogP contribution in [0.25, 0.3) is 5.57 Å². The van der Waals surface area contributed by atoms with Gasteiger partial charge in [-0.3, -0.25) is 4.79 Å². The Morgan fingerprint density at radius 3 is 2.83 bits per heavy atom. The highest BCUT2D eigenvalue weighted by atomic mass is 32.1. The summed E-state index contributed by atoms with van der Waals surface area (Å²) in [6.07, 6.45) is 1.95. The highest BCUT2D eigenvalue weighted by molar-refractivity contribution is 7.14. The number of methoxy groups -OCH3 is 1. The van der Waals surface area contributed by atoms with Crippen molar-refractivity contribution >= 4 is 34.2 Å². The van der Waals surface area contributed by atoms with Crippen molar-refractivity contribution in [2.45, 2.75) is 19.8 Å². The molecule has 0 spiro atoms. The number of allylic oxidation sites excluding steroid dienone is 1. The van der Waals surface area contributed by atoms with E-state index in [4.69, 9.17) is 0 Å². The average Bonchev–Trinajstić information content (AvgIpc) is 2.86. The number of carbonyl (C=O) groups excluding carboxylic acids is 2. The topological polar surface area (TPSA) is 68.3 Å². The van der Waals surface area contributed by atoms with Crippen LogP contribution in [-0.2, 0) is 14.3 Å². The van der Waals surface area contributed by atoms with Crippen LogP contribution < -0.4 is 5.32 Å². The predicted molar refractivity (Wildman–Crippen MR) is 71.6 cm³/mol. The molecule has 0 atom stereocenters. The lowest BCUT2D eigenvalue weighted by molar-refractivity contribution is -0.136. The normalized spacial score (nSPS) is 11.7. The number of aldehydes is 1. The van der Waals surface area contributed by atoms with E-state index >= 15 is 0 Å². The summed E-state index contributed by atoms with van der Waals surface area (Å²) in [6.45, 7) is 1.98. The van der Waals surface area contributed by atoms with Crippen LogP contribution in [-0.4, -0.2) is 31.4 Å². The van der Waals surface area contributed by atoms with Gasteiger partial charge in [0.1, 0.15) is 16.3 Å². The number of thiazole rings is 1. The summed E-state index contributed by atoms with van der Waals surface area (Å²) in [7, 11) is 3.04. The van der Waals surface area contributed by atoms with Crippen molar-refractivity contribution in [1.29, 1.82) is 0 Å². The van der Waals surface area contributed by atoms with E-state index in [-0.39, 0.29) is 5.57 Å². The van der Waals surface area contributed by atoms with Crippen LogP contribution in [0.4, 0.5) is 5.00 Å². The van der Waals surface area contributed by atoms with Crippen LogP contribution in [0.1, 0.15) is 25.5 Å². The Balaban J connectivity index is 3.35. The minimum Gasteiger partial charge on any atom is -0.465 e. The van der Waals surface area contributed by atoms with Gasteiger partial charge in [-0.15, -0.1) is 11.3 Å². The number of ether oxygens (including phenoxy) is 1. The molecule has 0 aliphatic heterocycles. The van der Waals surface area contributed by atoms with Crippen molar-refractivity contribution in [3.05, 3.63) is 16.8 Å². The molecule has 0 bridgehead atoms. The minimum atomic E-state index is -0.622. The first-order chi connectivity index (χ1) is 8.69. The van der Waals surface area contributed by atoms with Crippen LogP contribution in [0.15, 0.2) is 11.1 Å². The molecule has 0 saturated carbocycles. The maximum absolute atomic E-state index is 11.6. The first-order valence-electron chi connectivity index (χ1n) is 5.57. The lowest BCUT2D eigenvalue weighted by atomic mass is 10.0. The molecule has 1 aromatic rings. The largest absolute Gasteiger partial charge is 0.465 e. The number of hydrogen-bond donors (Lipinski definition) is 1. The summed E-state index contributed by atoms with van der Waals surface area (Å²) < 4.78 is 4.63. The molecule has 6 heteroatoms. The molecular formula is C12H16N2O3S. The van der Waals surface area contributed by atoms with Gasteiger partial charge in [0.25, 0.3) is 0 Å². The monoisotopic (exact) mass is 268 g/mol. The molecular weight excluding hydrogens is 252 g/mol. The van der Waals surface area contributed by atoms with Gasteiger partial charge in [-0.1, -0.05) is 13.3 Å². The predicted octanol–water partition coefficient (Wildman–Crippen LogP) is 2.11. The molecule has 0 aromatic carbocycles. The van der Waals surface area contributed by atoms with Crippen molar-refractivity contribution in [2.75, 3.05) is 19.5 Å². The summed E-state index contributed by atoms with van der Waals surface area (Å²) in [5.74, 6) is -0.622. The molecule has 0 unspecified atom stereocenters. The van der Waals surface area contributed by atoms with Gasteiger partial charge in [-0.05, 0) is 12.0 Å². The highest BCUT2D eigenvalue weighted by Gasteiger charge is 2.20. The van der Waals surface area contributed by atoms with Gasteiger partial charge in [0.05, 0.1) is 12.6 Å². The van der Waals surface area contributed by atoms with Gasteiger partial charge in [-0.2, -0.15) is 0 Å². The molecule has 1 rings (SSSR count). The van der Waals surface area contributed by atoms with E-state index in [9.17, 15) is 9.59 Å². The Morgan fingerprint density at radius 1 is 1.61 bits per heavy atom. The standard InChI is InChI=1S/C12H16N2O3S/c1-4-5-8(9(6-15)12(16)17-3)10-11(13-2)18-7-14-10/h6-7,13H,4-5H2,1-3H3/b9-8+. The second-order valence-corrected chi connectivity index (χ2v) is 4.39. The van der Waals surface area contributed by atoms with E-state index < -0.39 is 5.97 Å². The molecule has 0 aliphatic rings. The number of aromatic nitrogens is 1. The van der Waals surface area contributed by atoms with E-state index in [1.54, 1.807) is 12.6 Å². The lowest BCUT2D eigenvalue weighted by Crippen LogP contribution is -2.10. The molecule has 0 fully saturated rings. The van der Waals surface area contributed by atoms with E-state index in [0.29, 0.717) is 24.0 Å². The zero-order valence-corrected chi connectivity index (χ0v) is 11.5. The van der Waals surface area contributed by atoms with Crippen LogP contribution in [0.3, 0.4) is 0 Å². The van der Waals surface area contributed by atoms with Crippen molar-refractivity contribution < 1.29 is 14.3 Å². The fraction of sp³-hybridized carbons (Fsp3) is 0.417. The number of nitrogens with one attached hydrogen (secondary N) is 1. The third kappa shape index (κ3) is 2.95. The molecule has 18 heavy (non-hydrogen) atoms. The molecule has 0 amide bonds. The van der Waals surface area contributed by atoms with E-state index in [2.05, 4.69) is 15.0 Å². The van der Waals surface area contributed by atoms with Gasteiger partial charge in [0.15, 0.2) is 6.29 Å². The van der Waals surface area contributed by atoms with Gasteiger partial charge in [0.2, 0.25) is 0 Å². The summed E-state index contributed by atoms with van der Waals surface area (Å²) >= 11 is 1.43. The van der Waals surface area contributed by atoms with Crippen LogP contribution in [0.2, 0.25) is 0 Å². The Kier molecular flexibility index (Phi) is 5.51. The molecule has 0 radical (unpaired) electrons. The number of esters is 1. The molecule has 1 N–H and O–H groups in total. The van der Waals surface area contributed by atoms with E-state index in [0.717, 1.165) is 11.4 Å². The summed E-state index contributed by atoms with van der Waals surface area (Å²) in [6, 6.07) is 0. The molecule has 1 heterocycles. The zero-order valence-electron chi connectivity index (χ0n) is 10.6. The summed E-state index contributed by atoms with van der Waals surface area (Å²) in [4.78, 5) is 26.9. The Labute approximate surface area is 110 Å². The smallest absolute Gasteiger partial charge is 0.341 e. The van der Waals surface area contributed by atoms with E-state index in [1.807, 2.05) is 6.92 Å². The maximum atomic E-state index is 11.6. The third-order valence-corrected chi connectivity index (χ3v) is 3.27. The number of hydrogen-bond acceptors (Lipinski definition) is 6. The second kappa shape index (κ2) is 6.90. The molecule has 98 valence electrons. The Morgan fingerprint density at radius 2 is 2.33 bits per heavy atom. The molecule has 0 aliphatic carbocycles. The average molecular weight is 268 g/mol. The van der Waals surface area contributed by atoms with Crippen molar-refractivity contribution in [1.82, 2.24) is 4.98 Å². The Bertz CT molecular complexity index is 466. The van der Waals surface area contributed by atoms with Gasteiger partial charge < -0.3 is 10.1 Å². The van der Waals surface area contributed by atoms with E-state index in [1.165, 1.54) is 18.4 Å². The fourth-order valence-corrected chi connectivity index (χ4v) is 2.29. The van der Waals surface area contributed by atoms with Gasteiger partial charge in [0, 0.05) is 7.05 Å². The van der Waals surface area contributed by atoms with Crippen LogP contribution >= 0.6 is 11.3 Å². The minimum absolute atomic E-state index is 0.0433. The number of anilines is 1. The third-order valence-electron chi connectivity index (χ3n) is 2.43. The van der Waals surface area contributed by atoms with Crippen molar-refractivity contribution in [3.8, 4) is 0 Å². The quantitative estimate of drug-likeness (QED) is 0.281. The molecule has 0 saturated heterocycles. The zero-order chi connectivity index (χ0) is 13.5. The lowest BCUT2D eigenvalue weighted by Gasteiger charge is -2.09. The number of rotatable bonds is 6. The molecule has 5 nitrogen and oxygen atoms in total. The van der Waals surface area contributed by atoms with Crippen LogP contribution in [0, 0.1) is 0 Å². The summed E-state index contributed by atoms with van der Waals surface area (Å²) in [5, 5.41) is 3.84. The molecule has 1 aromatic heterocycles. The Hall–Kier alpha value is -1.69. The van der Waals surface area contributed by atoms with Gasteiger partial charge >= 0.3 is 5.97 Å². The number of nitrogens with zero attached hydrogens (tertiary/aromatic N) is 1. The SMILES string of the molecule is CCC/C(=C(/C=O)C(=O)OC)c1ncsc1NC.